The van der Waals surface area contributed by atoms with Gasteiger partial charge in [-0.25, -0.2) is 0 Å². The maximum atomic E-state index is 6.23. The van der Waals surface area contributed by atoms with Crippen LogP contribution in [0.15, 0.2) is 0 Å². The molecule has 3 rings (SSSR count). The Morgan fingerprint density at radius 1 is 1.10 bits per heavy atom. The Kier molecular flexibility index (Phi) is 5.58. The van der Waals surface area contributed by atoms with E-state index in [1.807, 2.05) is 0 Å². The second kappa shape index (κ2) is 7.43. The average Bonchev–Trinajstić information content (AvgIpc) is 3.01. The van der Waals surface area contributed by atoms with E-state index in [4.69, 9.17) is 9.47 Å². The van der Waals surface area contributed by atoms with Crippen molar-refractivity contribution in [1.29, 1.82) is 0 Å². The van der Waals surface area contributed by atoms with Crippen LogP contribution in [0.5, 0.6) is 0 Å². The van der Waals surface area contributed by atoms with Crippen LogP contribution in [-0.4, -0.2) is 38.0 Å². The van der Waals surface area contributed by atoms with Crippen molar-refractivity contribution in [3.63, 3.8) is 0 Å². The van der Waals surface area contributed by atoms with Gasteiger partial charge in [-0.2, -0.15) is 0 Å². The molecule has 0 aromatic carbocycles. The monoisotopic (exact) mass is 295 g/mol. The highest BCUT2D eigenvalue weighted by Gasteiger charge is 2.41. The van der Waals surface area contributed by atoms with Crippen LogP contribution in [0, 0.1) is 11.8 Å². The highest BCUT2D eigenvalue weighted by atomic mass is 16.5. The van der Waals surface area contributed by atoms with Crippen LogP contribution in [0.3, 0.4) is 0 Å². The average molecular weight is 295 g/mol. The summed E-state index contributed by atoms with van der Waals surface area (Å²) in [5.74, 6) is 1.78. The lowest BCUT2D eigenvalue weighted by molar-refractivity contribution is -0.150. The van der Waals surface area contributed by atoms with Gasteiger partial charge >= 0.3 is 0 Å². The number of hydrogen-bond acceptors (Lipinski definition) is 3. The first-order valence-corrected chi connectivity index (χ1v) is 9.26. The summed E-state index contributed by atoms with van der Waals surface area (Å²) >= 11 is 0. The summed E-state index contributed by atoms with van der Waals surface area (Å²) in [4.78, 5) is 0. The number of nitrogens with one attached hydrogen (secondary N) is 1. The second-order valence-corrected chi connectivity index (χ2v) is 7.45. The Bertz CT molecular complexity index is 303. The van der Waals surface area contributed by atoms with Gasteiger partial charge in [0.15, 0.2) is 0 Å². The first-order chi connectivity index (χ1) is 10.3. The highest BCUT2D eigenvalue weighted by Crippen LogP contribution is 2.40. The molecule has 0 bridgehead atoms. The van der Waals surface area contributed by atoms with Gasteiger partial charge in [0, 0.05) is 25.9 Å². The van der Waals surface area contributed by atoms with Crippen molar-refractivity contribution in [3.05, 3.63) is 0 Å². The quantitative estimate of drug-likeness (QED) is 0.842. The highest BCUT2D eigenvalue weighted by molar-refractivity contribution is 4.93. The molecule has 2 unspecified atom stereocenters. The SMILES string of the molecule is CCNC(CC1CCCC1)C1CCOC2(CCOCC2)C1. The molecule has 2 atom stereocenters. The Balaban J connectivity index is 1.60. The molecule has 122 valence electrons. The minimum atomic E-state index is 0.143. The van der Waals surface area contributed by atoms with Crippen molar-refractivity contribution >= 4 is 0 Å². The zero-order valence-corrected chi connectivity index (χ0v) is 13.7. The molecule has 2 heterocycles. The van der Waals surface area contributed by atoms with Gasteiger partial charge in [-0.3, -0.25) is 0 Å². The van der Waals surface area contributed by atoms with Crippen molar-refractivity contribution in [2.24, 2.45) is 11.8 Å². The van der Waals surface area contributed by atoms with Crippen molar-refractivity contribution in [2.75, 3.05) is 26.4 Å². The van der Waals surface area contributed by atoms with E-state index in [1.165, 1.54) is 44.9 Å². The molecule has 1 N–H and O–H groups in total. The van der Waals surface area contributed by atoms with E-state index >= 15 is 0 Å². The summed E-state index contributed by atoms with van der Waals surface area (Å²) in [6.07, 6.45) is 11.9. The molecule has 2 aliphatic heterocycles. The van der Waals surface area contributed by atoms with Crippen LogP contribution < -0.4 is 5.32 Å². The minimum absolute atomic E-state index is 0.143. The first-order valence-electron chi connectivity index (χ1n) is 9.26. The van der Waals surface area contributed by atoms with Gasteiger partial charge in [0.25, 0.3) is 0 Å². The minimum Gasteiger partial charge on any atom is -0.381 e. The number of ether oxygens (including phenoxy) is 2. The largest absolute Gasteiger partial charge is 0.381 e. The van der Waals surface area contributed by atoms with Gasteiger partial charge in [0.2, 0.25) is 0 Å². The van der Waals surface area contributed by atoms with Crippen LogP contribution >= 0.6 is 0 Å². The van der Waals surface area contributed by atoms with Gasteiger partial charge < -0.3 is 14.8 Å². The molecule has 1 aliphatic carbocycles. The maximum absolute atomic E-state index is 6.23. The standard InChI is InChI=1S/C18H33NO2/c1-2-19-17(13-15-5-3-4-6-15)16-7-10-21-18(14-16)8-11-20-12-9-18/h15-17,19H,2-14H2,1H3. The van der Waals surface area contributed by atoms with E-state index in [1.54, 1.807) is 0 Å². The summed E-state index contributed by atoms with van der Waals surface area (Å²) in [6.45, 7) is 6.09. The molecule has 0 aromatic heterocycles. The van der Waals surface area contributed by atoms with E-state index < -0.39 is 0 Å². The molecule has 21 heavy (non-hydrogen) atoms. The molecular formula is C18H33NO2. The molecular weight excluding hydrogens is 262 g/mol. The molecule has 3 fully saturated rings. The van der Waals surface area contributed by atoms with Gasteiger partial charge in [0.05, 0.1) is 5.60 Å². The van der Waals surface area contributed by atoms with E-state index in [9.17, 15) is 0 Å². The smallest absolute Gasteiger partial charge is 0.0729 e. The fraction of sp³-hybridized carbons (Fsp3) is 1.00. The number of hydrogen-bond donors (Lipinski definition) is 1. The Labute approximate surface area is 130 Å². The van der Waals surface area contributed by atoms with E-state index in [0.29, 0.717) is 6.04 Å². The lowest BCUT2D eigenvalue weighted by Gasteiger charge is -2.45. The molecule has 3 heteroatoms. The molecule has 1 saturated carbocycles. The second-order valence-electron chi connectivity index (χ2n) is 7.45. The van der Waals surface area contributed by atoms with Crippen LogP contribution in [0.2, 0.25) is 0 Å². The number of rotatable bonds is 5. The predicted octanol–water partition coefficient (Wildman–Crippen LogP) is 3.52. The molecule has 0 amide bonds. The van der Waals surface area contributed by atoms with Crippen molar-refractivity contribution in [3.8, 4) is 0 Å². The third-order valence-electron chi connectivity index (χ3n) is 6.03. The molecule has 3 aliphatic rings. The van der Waals surface area contributed by atoms with E-state index in [-0.39, 0.29) is 5.60 Å². The molecule has 3 nitrogen and oxygen atoms in total. The summed E-state index contributed by atoms with van der Waals surface area (Å²) in [6, 6.07) is 0.710. The van der Waals surface area contributed by atoms with E-state index in [2.05, 4.69) is 12.2 Å². The van der Waals surface area contributed by atoms with Crippen LogP contribution in [-0.2, 0) is 9.47 Å². The fourth-order valence-corrected chi connectivity index (χ4v) is 4.81. The van der Waals surface area contributed by atoms with Crippen molar-refractivity contribution in [1.82, 2.24) is 5.32 Å². The van der Waals surface area contributed by atoms with Gasteiger partial charge in [0.1, 0.15) is 0 Å². The van der Waals surface area contributed by atoms with Crippen LogP contribution in [0.25, 0.3) is 0 Å². The zero-order valence-electron chi connectivity index (χ0n) is 13.7. The van der Waals surface area contributed by atoms with E-state index in [0.717, 1.165) is 51.0 Å². The Morgan fingerprint density at radius 3 is 2.57 bits per heavy atom. The summed E-state index contributed by atoms with van der Waals surface area (Å²) in [7, 11) is 0. The van der Waals surface area contributed by atoms with Gasteiger partial charge in [-0.15, -0.1) is 0 Å². The zero-order chi connectivity index (χ0) is 14.5. The Morgan fingerprint density at radius 2 is 1.86 bits per heavy atom. The summed E-state index contributed by atoms with van der Waals surface area (Å²) in [5.41, 5.74) is 0.143. The third kappa shape index (κ3) is 4.00. The fourth-order valence-electron chi connectivity index (χ4n) is 4.81. The van der Waals surface area contributed by atoms with Crippen molar-refractivity contribution in [2.45, 2.75) is 76.4 Å². The lowest BCUT2D eigenvalue weighted by Crippen LogP contribution is -2.49. The molecule has 1 spiro atoms. The van der Waals surface area contributed by atoms with Crippen LogP contribution in [0.1, 0.15) is 64.7 Å². The van der Waals surface area contributed by atoms with Gasteiger partial charge in [-0.05, 0) is 50.5 Å². The van der Waals surface area contributed by atoms with Crippen molar-refractivity contribution < 1.29 is 9.47 Å². The third-order valence-corrected chi connectivity index (χ3v) is 6.03. The molecule has 0 radical (unpaired) electrons. The lowest BCUT2D eigenvalue weighted by atomic mass is 9.75. The topological polar surface area (TPSA) is 30.5 Å². The van der Waals surface area contributed by atoms with Gasteiger partial charge in [-0.1, -0.05) is 32.6 Å². The summed E-state index contributed by atoms with van der Waals surface area (Å²) < 4.78 is 11.8. The summed E-state index contributed by atoms with van der Waals surface area (Å²) in [5, 5.41) is 3.81. The first kappa shape index (κ1) is 15.8. The molecule has 2 saturated heterocycles. The normalized spacial score (nSPS) is 31.6. The predicted molar refractivity (Wildman–Crippen MR) is 85.5 cm³/mol. The van der Waals surface area contributed by atoms with Crippen LogP contribution in [0.4, 0.5) is 0 Å². The molecule has 0 aromatic rings. The Hall–Kier alpha value is -0.120. The maximum Gasteiger partial charge on any atom is 0.0729 e.